The molecule has 2 aromatic carbocycles. The van der Waals surface area contributed by atoms with Crippen LogP contribution in [0.2, 0.25) is 0 Å². The molecule has 9 nitrogen and oxygen atoms in total. The van der Waals surface area contributed by atoms with Crippen molar-refractivity contribution in [2.75, 3.05) is 13.6 Å². The van der Waals surface area contributed by atoms with Crippen molar-refractivity contribution in [3.63, 3.8) is 0 Å². The molecule has 35 heavy (non-hydrogen) atoms. The Morgan fingerprint density at radius 2 is 1.77 bits per heavy atom. The van der Waals surface area contributed by atoms with Crippen molar-refractivity contribution < 1.29 is 29.0 Å². The normalized spacial score (nSPS) is 17.0. The van der Waals surface area contributed by atoms with Gasteiger partial charge in [-0.05, 0) is 52.0 Å². The van der Waals surface area contributed by atoms with Crippen LogP contribution in [0.15, 0.2) is 65.9 Å². The van der Waals surface area contributed by atoms with Crippen LogP contribution in [0.3, 0.4) is 0 Å². The van der Waals surface area contributed by atoms with Gasteiger partial charge in [0, 0.05) is 25.7 Å². The molecule has 0 N–H and O–H groups in total. The Labute approximate surface area is 204 Å². The van der Waals surface area contributed by atoms with E-state index in [1.807, 2.05) is 13.0 Å². The molecular weight excluding hydrogens is 450 g/mol. The molecule has 0 aromatic heterocycles. The molecule has 3 rings (SSSR count). The molecule has 9 heteroatoms. The standard InChI is InChI=1S/C26H29N3O6/c1-18-7-6-8-19(17-18)23(30)34-21-11-9-20(10-12-21)29(25(32)33)16-14-27-22(29)13-15-28(5)24(31)35-26(2,3)4/h6-12,14,16-17H,13,15H2,1-5H3. The summed E-state index contributed by atoms with van der Waals surface area (Å²) in [6.07, 6.45) is 1.04. The Balaban J connectivity index is 1.74. The first-order valence-corrected chi connectivity index (χ1v) is 11.1. The SMILES string of the molecule is Cc1cccc(C(=O)Oc2ccc([N+]3(C(=O)[O-])C=CN=C3CCN(C)C(=O)OC(C)(C)C)cc2)c1. The van der Waals surface area contributed by atoms with Gasteiger partial charge < -0.3 is 24.3 Å². The Kier molecular flexibility index (Phi) is 7.40. The number of amides is 2. The van der Waals surface area contributed by atoms with E-state index >= 15 is 0 Å². The quantitative estimate of drug-likeness (QED) is 0.352. The first kappa shape index (κ1) is 25.6. The highest BCUT2D eigenvalue weighted by Gasteiger charge is 2.41. The van der Waals surface area contributed by atoms with Gasteiger partial charge in [-0.2, -0.15) is 4.48 Å². The third-order valence-corrected chi connectivity index (χ3v) is 5.29. The van der Waals surface area contributed by atoms with Gasteiger partial charge in [-0.1, -0.05) is 17.7 Å². The van der Waals surface area contributed by atoms with Gasteiger partial charge >= 0.3 is 12.1 Å². The molecule has 0 radical (unpaired) electrons. The van der Waals surface area contributed by atoms with E-state index < -0.39 is 28.2 Å². The number of carbonyl (C=O) groups is 3. The van der Waals surface area contributed by atoms with E-state index in [0.717, 1.165) is 5.56 Å². The number of hydrogen-bond acceptors (Lipinski definition) is 7. The molecule has 0 fully saturated rings. The zero-order valence-electron chi connectivity index (χ0n) is 20.5. The lowest BCUT2D eigenvalue weighted by Gasteiger charge is -2.32. The van der Waals surface area contributed by atoms with Gasteiger partial charge in [0.2, 0.25) is 5.84 Å². The number of carboxylic acid groups (broad SMARTS) is 1. The second kappa shape index (κ2) is 10.1. The average molecular weight is 480 g/mol. The molecule has 0 spiro atoms. The minimum atomic E-state index is -1.40. The summed E-state index contributed by atoms with van der Waals surface area (Å²) in [5, 5.41) is 12.3. The van der Waals surface area contributed by atoms with Gasteiger partial charge in [0.1, 0.15) is 23.2 Å². The van der Waals surface area contributed by atoms with E-state index in [-0.39, 0.29) is 24.6 Å². The Morgan fingerprint density at radius 3 is 2.37 bits per heavy atom. The molecule has 1 unspecified atom stereocenters. The minimum absolute atomic E-state index is 0.167. The second-order valence-electron chi connectivity index (χ2n) is 9.24. The summed E-state index contributed by atoms with van der Waals surface area (Å²) in [6, 6.07) is 13.1. The molecule has 0 aliphatic carbocycles. The maximum atomic E-state index is 12.4. The first-order valence-electron chi connectivity index (χ1n) is 11.1. The third-order valence-electron chi connectivity index (χ3n) is 5.29. The van der Waals surface area contributed by atoms with E-state index in [1.54, 1.807) is 46.0 Å². The number of benzene rings is 2. The number of aliphatic imine (C=N–C) groups is 1. The minimum Gasteiger partial charge on any atom is -0.497 e. The number of hydrogen-bond donors (Lipinski definition) is 0. The monoisotopic (exact) mass is 479 g/mol. The number of quaternary nitrogens is 1. The van der Waals surface area contributed by atoms with E-state index in [1.165, 1.54) is 41.6 Å². The zero-order chi connectivity index (χ0) is 25.8. The summed E-state index contributed by atoms with van der Waals surface area (Å²) >= 11 is 0. The lowest BCUT2D eigenvalue weighted by atomic mass is 10.1. The lowest BCUT2D eigenvalue weighted by Crippen LogP contribution is -2.59. The van der Waals surface area contributed by atoms with Gasteiger partial charge in [0.15, 0.2) is 0 Å². The molecule has 0 saturated carbocycles. The van der Waals surface area contributed by atoms with Crippen LogP contribution in [0.4, 0.5) is 15.3 Å². The fourth-order valence-corrected chi connectivity index (χ4v) is 3.53. The number of aryl methyl sites for hydroxylation is 1. The Bertz CT molecular complexity index is 1180. The summed E-state index contributed by atoms with van der Waals surface area (Å²) in [7, 11) is 1.57. The molecule has 0 saturated heterocycles. The molecule has 2 amide bonds. The zero-order valence-corrected chi connectivity index (χ0v) is 20.5. The summed E-state index contributed by atoms with van der Waals surface area (Å²) < 4.78 is 10.0. The van der Waals surface area contributed by atoms with Crippen molar-refractivity contribution in [1.82, 2.24) is 9.38 Å². The lowest BCUT2D eigenvalue weighted by molar-refractivity contribution is -0.257. The summed E-state index contributed by atoms with van der Waals surface area (Å²) in [5.41, 5.74) is 1.04. The van der Waals surface area contributed by atoms with Gasteiger partial charge in [-0.25, -0.2) is 14.6 Å². The van der Waals surface area contributed by atoms with Crippen molar-refractivity contribution in [1.29, 1.82) is 0 Å². The summed E-state index contributed by atoms with van der Waals surface area (Å²) in [5.74, 6) is 0.0201. The van der Waals surface area contributed by atoms with Crippen molar-refractivity contribution in [2.45, 2.75) is 39.7 Å². The molecule has 0 bridgehead atoms. The van der Waals surface area contributed by atoms with E-state index in [9.17, 15) is 19.5 Å². The van der Waals surface area contributed by atoms with Crippen LogP contribution < -0.4 is 14.3 Å². The van der Waals surface area contributed by atoms with Crippen LogP contribution in [-0.4, -0.2) is 48.1 Å². The van der Waals surface area contributed by atoms with Crippen molar-refractivity contribution in [3.8, 4) is 5.75 Å². The first-order chi connectivity index (χ1) is 16.4. The summed E-state index contributed by atoms with van der Waals surface area (Å²) in [6.45, 7) is 7.37. The van der Waals surface area contributed by atoms with Crippen LogP contribution in [-0.2, 0) is 4.74 Å². The van der Waals surface area contributed by atoms with E-state index in [0.29, 0.717) is 11.3 Å². The second-order valence-corrected chi connectivity index (χ2v) is 9.24. The highest BCUT2D eigenvalue weighted by atomic mass is 16.6. The number of nitrogens with zero attached hydrogens (tertiary/aromatic N) is 3. The fourth-order valence-electron chi connectivity index (χ4n) is 3.53. The van der Waals surface area contributed by atoms with Gasteiger partial charge in [-0.15, -0.1) is 0 Å². The van der Waals surface area contributed by atoms with Gasteiger partial charge in [0.05, 0.1) is 18.2 Å². The van der Waals surface area contributed by atoms with Crippen molar-refractivity contribution >= 4 is 29.7 Å². The van der Waals surface area contributed by atoms with Crippen molar-refractivity contribution in [2.24, 2.45) is 4.99 Å². The predicted molar refractivity (Wildman–Crippen MR) is 130 cm³/mol. The maximum Gasteiger partial charge on any atom is 0.410 e. The number of carbonyl (C=O) groups excluding carboxylic acids is 3. The van der Waals surface area contributed by atoms with Crippen LogP contribution in [0.25, 0.3) is 0 Å². The number of rotatable bonds is 6. The molecule has 1 aliphatic heterocycles. The maximum absolute atomic E-state index is 12.4. The van der Waals surface area contributed by atoms with Gasteiger partial charge in [0.25, 0.3) is 6.09 Å². The molecule has 1 aliphatic rings. The topological polar surface area (TPSA) is 108 Å². The number of ether oxygens (including phenoxy) is 2. The largest absolute Gasteiger partial charge is 0.497 e. The van der Waals surface area contributed by atoms with Crippen LogP contribution in [0, 0.1) is 6.92 Å². The van der Waals surface area contributed by atoms with E-state index in [4.69, 9.17) is 9.47 Å². The molecule has 1 heterocycles. The van der Waals surface area contributed by atoms with Gasteiger partial charge in [-0.3, -0.25) is 0 Å². The Morgan fingerprint density at radius 1 is 1.09 bits per heavy atom. The fraction of sp³-hybridized carbons (Fsp3) is 0.308. The van der Waals surface area contributed by atoms with E-state index in [2.05, 4.69) is 4.99 Å². The Hall–Kier alpha value is -3.98. The average Bonchev–Trinajstić information content (AvgIpc) is 3.22. The summed E-state index contributed by atoms with van der Waals surface area (Å²) in [4.78, 5) is 42.6. The van der Waals surface area contributed by atoms with Crippen LogP contribution in [0.1, 0.15) is 43.1 Å². The number of esters is 1. The molecular formula is C26H29N3O6. The van der Waals surface area contributed by atoms with Crippen LogP contribution >= 0.6 is 0 Å². The van der Waals surface area contributed by atoms with Crippen LogP contribution in [0.5, 0.6) is 5.75 Å². The third kappa shape index (κ3) is 5.93. The number of amidine groups is 1. The smallest absolute Gasteiger partial charge is 0.410 e. The molecule has 2 aromatic rings. The molecule has 1 atom stereocenters. The predicted octanol–water partition coefficient (Wildman–Crippen LogP) is 4.01. The highest BCUT2D eigenvalue weighted by Crippen LogP contribution is 2.31. The van der Waals surface area contributed by atoms with Crippen molar-refractivity contribution in [3.05, 3.63) is 72.1 Å². The highest BCUT2D eigenvalue weighted by molar-refractivity contribution is 6.10. The molecule has 184 valence electrons.